The maximum Gasteiger partial charge on any atom is 0.0481 e. The Morgan fingerprint density at radius 2 is 1.95 bits per heavy atom. The van der Waals surface area contributed by atoms with Gasteiger partial charge < -0.3 is 5.32 Å². The number of benzene rings is 1. The molecule has 1 aromatic carbocycles. The summed E-state index contributed by atoms with van der Waals surface area (Å²) >= 11 is 0. The van der Waals surface area contributed by atoms with Gasteiger partial charge in [-0.25, -0.2) is 0 Å². The second-order valence-corrected chi connectivity index (χ2v) is 6.77. The molecule has 0 aromatic heterocycles. The highest BCUT2D eigenvalue weighted by atomic mass is 15.2. The molecule has 1 N–H and O–H groups in total. The average molecular weight is 286 g/mol. The molecule has 2 heteroatoms. The third kappa shape index (κ3) is 3.49. The second kappa shape index (κ2) is 6.93. The first-order valence-corrected chi connectivity index (χ1v) is 8.88. The van der Waals surface area contributed by atoms with Crippen LogP contribution in [0, 0.1) is 5.92 Å². The first-order valence-electron chi connectivity index (χ1n) is 8.88. The Morgan fingerprint density at radius 3 is 2.67 bits per heavy atom. The number of nitrogens with zero attached hydrogens (tertiary/aromatic N) is 1. The van der Waals surface area contributed by atoms with E-state index in [2.05, 4.69) is 48.3 Å². The van der Waals surface area contributed by atoms with Crippen molar-refractivity contribution in [1.29, 1.82) is 0 Å². The number of hydrogen-bond donors (Lipinski definition) is 1. The summed E-state index contributed by atoms with van der Waals surface area (Å²) in [6.07, 6.45) is 6.66. The van der Waals surface area contributed by atoms with Gasteiger partial charge in [-0.05, 0) is 62.2 Å². The van der Waals surface area contributed by atoms with Gasteiger partial charge in [0, 0.05) is 18.6 Å². The van der Waals surface area contributed by atoms with Crippen molar-refractivity contribution in [2.75, 3.05) is 19.6 Å². The van der Waals surface area contributed by atoms with Crippen LogP contribution in [0.2, 0.25) is 0 Å². The summed E-state index contributed by atoms with van der Waals surface area (Å²) in [5.74, 6) is 0.981. The van der Waals surface area contributed by atoms with Gasteiger partial charge in [-0.3, -0.25) is 4.90 Å². The summed E-state index contributed by atoms with van der Waals surface area (Å²) in [5.41, 5.74) is 3.11. The van der Waals surface area contributed by atoms with Crippen LogP contribution in [0.5, 0.6) is 0 Å². The maximum atomic E-state index is 3.84. The molecule has 1 saturated carbocycles. The number of rotatable bonds is 7. The molecule has 21 heavy (non-hydrogen) atoms. The molecule has 116 valence electrons. The van der Waals surface area contributed by atoms with Crippen molar-refractivity contribution in [3.63, 3.8) is 0 Å². The van der Waals surface area contributed by atoms with E-state index >= 15 is 0 Å². The largest absolute Gasteiger partial charge is 0.309 e. The molecular formula is C19H30N2. The normalized spacial score (nSPS) is 25.1. The molecule has 0 bridgehead atoms. The number of hydrogen-bond acceptors (Lipinski definition) is 2. The van der Waals surface area contributed by atoms with Gasteiger partial charge in [0.1, 0.15) is 0 Å². The molecular weight excluding hydrogens is 256 g/mol. The molecule has 0 heterocycles. The highest BCUT2D eigenvalue weighted by molar-refractivity contribution is 5.34. The van der Waals surface area contributed by atoms with Gasteiger partial charge >= 0.3 is 0 Å². The van der Waals surface area contributed by atoms with Crippen LogP contribution in [0.1, 0.15) is 56.7 Å². The Kier molecular flexibility index (Phi) is 4.97. The zero-order chi connectivity index (χ0) is 14.7. The minimum atomic E-state index is 0.522. The third-order valence-electron chi connectivity index (χ3n) is 5.16. The van der Waals surface area contributed by atoms with Crippen molar-refractivity contribution < 1.29 is 0 Å². The molecule has 2 aliphatic carbocycles. The van der Waals surface area contributed by atoms with E-state index in [0.29, 0.717) is 12.1 Å². The fourth-order valence-corrected chi connectivity index (χ4v) is 3.81. The van der Waals surface area contributed by atoms with Gasteiger partial charge in [-0.15, -0.1) is 0 Å². The molecule has 1 fully saturated rings. The predicted octanol–water partition coefficient (Wildman–Crippen LogP) is 3.77. The minimum absolute atomic E-state index is 0.522. The van der Waals surface area contributed by atoms with E-state index < -0.39 is 0 Å². The topological polar surface area (TPSA) is 15.3 Å². The Labute approximate surface area is 129 Å². The van der Waals surface area contributed by atoms with E-state index in [1.807, 2.05) is 0 Å². The third-order valence-corrected chi connectivity index (χ3v) is 5.16. The SMILES string of the molecule is CCCNC1c2ccccc2CCC1N(CC)CC1CC1. The number of likely N-dealkylation sites (N-methyl/N-ethyl adjacent to an activating group) is 1. The van der Waals surface area contributed by atoms with Crippen molar-refractivity contribution >= 4 is 0 Å². The summed E-state index contributed by atoms with van der Waals surface area (Å²) in [5, 5.41) is 3.84. The van der Waals surface area contributed by atoms with Gasteiger partial charge in [0.2, 0.25) is 0 Å². The summed E-state index contributed by atoms with van der Waals surface area (Å²) in [6.45, 7) is 8.22. The molecule has 0 spiro atoms. The van der Waals surface area contributed by atoms with Crippen molar-refractivity contribution in [2.45, 2.75) is 58.0 Å². The summed E-state index contributed by atoms with van der Waals surface area (Å²) in [7, 11) is 0. The molecule has 2 unspecified atom stereocenters. The zero-order valence-electron chi connectivity index (χ0n) is 13.6. The van der Waals surface area contributed by atoms with E-state index in [9.17, 15) is 0 Å². The monoisotopic (exact) mass is 286 g/mol. The lowest BCUT2D eigenvalue weighted by Crippen LogP contribution is -2.48. The van der Waals surface area contributed by atoms with Gasteiger partial charge in [-0.1, -0.05) is 38.1 Å². The van der Waals surface area contributed by atoms with Crippen LogP contribution in [-0.2, 0) is 6.42 Å². The first-order chi connectivity index (χ1) is 10.3. The average Bonchev–Trinajstić information content (AvgIpc) is 3.34. The lowest BCUT2D eigenvalue weighted by atomic mass is 9.83. The Hall–Kier alpha value is -0.860. The Balaban J connectivity index is 1.80. The van der Waals surface area contributed by atoms with E-state index in [-0.39, 0.29) is 0 Å². The molecule has 1 aromatic rings. The molecule has 0 amide bonds. The van der Waals surface area contributed by atoms with Gasteiger partial charge in [0.25, 0.3) is 0 Å². The quantitative estimate of drug-likeness (QED) is 0.821. The van der Waals surface area contributed by atoms with Crippen LogP contribution in [0.3, 0.4) is 0 Å². The predicted molar refractivity (Wildman–Crippen MR) is 89.6 cm³/mol. The molecule has 0 aliphatic heterocycles. The minimum Gasteiger partial charge on any atom is -0.309 e. The Morgan fingerprint density at radius 1 is 1.14 bits per heavy atom. The summed E-state index contributed by atoms with van der Waals surface area (Å²) in [4.78, 5) is 2.75. The van der Waals surface area contributed by atoms with Crippen LogP contribution in [0.4, 0.5) is 0 Å². The van der Waals surface area contributed by atoms with Crippen LogP contribution < -0.4 is 5.32 Å². The highest BCUT2D eigenvalue weighted by Crippen LogP contribution is 2.36. The van der Waals surface area contributed by atoms with Crippen LogP contribution in [0.25, 0.3) is 0 Å². The standard InChI is InChI=1S/C19H30N2/c1-3-13-20-19-17-8-6-5-7-16(17)11-12-18(19)21(4-2)14-15-9-10-15/h5-8,15,18-20H,3-4,9-14H2,1-2H3. The summed E-state index contributed by atoms with van der Waals surface area (Å²) < 4.78 is 0. The lowest BCUT2D eigenvalue weighted by molar-refractivity contribution is 0.141. The van der Waals surface area contributed by atoms with Crippen molar-refractivity contribution in [3.8, 4) is 0 Å². The molecule has 0 saturated heterocycles. The molecule has 0 radical (unpaired) electrons. The van der Waals surface area contributed by atoms with Gasteiger partial charge in [0.05, 0.1) is 0 Å². The first kappa shape index (κ1) is 15.1. The number of nitrogens with one attached hydrogen (secondary N) is 1. The molecule has 2 nitrogen and oxygen atoms in total. The Bertz CT molecular complexity index is 453. The maximum absolute atomic E-state index is 3.84. The fraction of sp³-hybridized carbons (Fsp3) is 0.684. The highest BCUT2D eigenvalue weighted by Gasteiger charge is 2.35. The van der Waals surface area contributed by atoms with Crippen LogP contribution >= 0.6 is 0 Å². The van der Waals surface area contributed by atoms with Gasteiger partial charge in [-0.2, -0.15) is 0 Å². The smallest absolute Gasteiger partial charge is 0.0481 e. The van der Waals surface area contributed by atoms with Gasteiger partial charge in [0.15, 0.2) is 0 Å². The van der Waals surface area contributed by atoms with E-state index in [1.54, 1.807) is 11.1 Å². The molecule has 3 rings (SSSR count). The number of fused-ring (bicyclic) bond motifs is 1. The van der Waals surface area contributed by atoms with E-state index in [4.69, 9.17) is 0 Å². The van der Waals surface area contributed by atoms with Crippen molar-refractivity contribution in [2.24, 2.45) is 5.92 Å². The lowest BCUT2D eigenvalue weighted by Gasteiger charge is -2.41. The van der Waals surface area contributed by atoms with Crippen molar-refractivity contribution in [1.82, 2.24) is 10.2 Å². The van der Waals surface area contributed by atoms with Crippen molar-refractivity contribution in [3.05, 3.63) is 35.4 Å². The zero-order valence-corrected chi connectivity index (χ0v) is 13.6. The number of aryl methyl sites for hydroxylation is 1. The second-order valence-electron chi connectivity index (χ2n) is 6.77. The fourth-order valence-electron chi connectivity index (χ4n) is 3.81. The van der Waals surface area contributed by atoms with E-state index in [0.717, 1.165) is 12.5 Å². The van der Waals surface area contributed by atoms with Crippen LogP contribution in [0.15, 0.2) is 24.3 Å². The molecule has 2 aliphatic rings. The summed E-state index contributed by atoms with van der Waals surface area (Å²) in [6, 6.07) is 10.3. The van der Waals surface area contributed by atoms with Crippen LogP contribution in [-0.4, -0.2) is 30.6 Å². The van der Waals surface area contributed by atoms with E-state index in [1.165, 1.54) is 45.2 Å². The molecule has 2 atom stereocenters.